The summed E-state index contributed by atoms with van der Waals surface area (Å²) in [5.41, 5.74) is 0.133. The number of carbonyl (C=O) groups excluding carboxylic acids is 1. The third kappa shape index (κ3) is 3.48. The van der Waals surface area contributed by atoms with E-state index in [0.29, 0.717) is 23.9 Å². The van der Waals surface area contributed by atoms with Crippen LogP contribution in [-0.4, -0.2) is 54.7 Å². The zero-order valence-electron chi connectivity index (χ0n) is 14.5. The Balaban J connectivity index is 1.45. The van der Waals surface area contributed by atoms with Crippen LogP contribution >= 0.6 is 11.3 Å². The summed E-state index contributed by atoms with van der Waals surface area (Å²) in [5, 5.41) is 10.2. The normalized spacial score (nSPS) is 18.3. The van der Waals surface area contributed by atoms with Crippen LogP contribution in [0.5, 0.6) is 0 Å². The van der Waals surface area contributed by atoms with E-state index in [4.69, 9.17) is 0 Å². The van der Waals surface area contributed by atoms with Crippen LogP contribution in [0.2, 0.25) is 0 Å². The maximum absolute atomic E-state index is 12.9. The Labute approximate surface area is 161 Å². The van der Waals surface area contributed by atoms with Crippen LogP contribution in [0, 0.1) is 11.3 Å². The van der Waals surface area contributed by atoms with Crippen LogP contribution < -0.4 is 0 Å². The van der Waals surface area contributed by atoms with E-state index >= 15 is 0 Å². The molecule has 1 aromatic heterocycles. The number of sulfonamides is 1. The largest absolute Gasteiger partial charge is 0.335 e. The van der Waals surface area contributed by atoms with Gasteiger partial charge in [-0.15, -0.1) is 11.3 Å². The summed E-state index contributed by atoms with van der Waals surface area (Å²) >= 11 is 1.44. The maximum atomic E-state index is 12.9. The standard InChI is InChI=1S/C18H18N4O3S2/c19-11-14-3-1-2-4-16(14)27(24,25)22-9-7-21(8-10-22)18(23)15-12-20-17(26-15)13-5-6-13/h1-4,12-13H,5-10H2. The van der Waals surface area contributed by atoms with Crippen molar-refractivity contribution in [3.05, 3.63) is 45.9 Å². The first-order valence-electron chi connectivity index (χ1n) is 8.75. The molecule has 0 N–H and O–H groups in total. The molecule has 0 atom stereocenters. The van der Waals surface area contributed by atoms with Crippen molar-refractivity contribution in [2.45, 2.75) is 23.7 Å². The van der Waals surface area contributed by atoms with E-state index in [-0.39, 0.29) is 29.5 Å². The molecule has 2 aromatic rings. The number of amides is 1. The predicted molar refractivity (Wildman–Crippen MR) is 99.9 cm³/mol. The fourth-order valence-corrected chi connectivity index (χ4v) is 5.74. The number of piperazine rings is 1. The summed E-state index contributed by atoms with van der Waals surface area (Å²) in [6.07, 6.45) is 3.91. The molecular weight excluding hydrogens is 384 g/mol. The molecule has 1 aromatic carbocycles. The summed E-state index contributed by atoms with van der Waals surface area (Å²) in [4.78, 5) is 19.3. The molecule has 1 amide bonds. The molecule has 0 unspecified atom stereocenters. The second-order valence-corrected chi connectivity index (χ2v) is 9.61. The highest BCUT2D eigenvalue weighted by Crippen LogP contribution is 2.41. The number of benzene rings is 1. The quantitative estimate of drug-likeness (QED) is 0.780. The number of hydrogen-bond donors (Lipinski definition) is 0. The lowest BCUT2D eigenvalue weighted by Crippen LogP contribution is -2.50. The van der Waals surface area contributed by atoms with Crippen molar-refractivity contribution in [1.82, 2.24) is 14.2 Å². The van der Waals surface area contributed by atoms with Crippen LogP contribution in [0.3, 0.4) is 0 Å². The van der Waals surface area contributed by atoms with E-state index < -0.39 is 10.0 Å². The minimum absolute atomic E-state index is 0.0174. The molecule has 1 aliphatic heterocycles. The molecule has 140 valence electrons. The van der Waals surface area contributed by atoms with Crippen molar-refractivity contribution in [2.24, 2.45) is 0 Å². The molecule has 27 heavy (non-hydrogen) atoms. The number of thiazole rings is 1. The molecule has 2 fully saturated rings. The van der Waals surface area contributed by atoms with Crippen LogP contribution in [0.15, 0.2) is 35.4 Å². The van der Waals surface area contributed by atoms with Crippen LogP contribution in [-0.2, 0) is 10.0 Å². The van der Waals surface area contributed by atoms with Gasteiger partial charge in [-0.1, -0.05) is 12.1 Å². The molecule has 0 radical (unpaired) electrons. The van der Waals surface area contributed by atoms with Crippen molar-refractivity contribution < 1.29 is 13.2 Å². The van der Waals surface area contributed by atoms with Crippen molar-refractivity contribution >= 4 is 27.3 Å². The Morgan fingerprint density at radius 1 is 1.19 bits per heavy atom. The number of nitrogens with zero attached hydrogens (tertiary/aromatic N) is 4. The monoisotopic (exact) mass is 402 g/mol. The highest BCUT2D eigenvalue weighted by atomic mass is 32.2. The Morgan fingerprint density at radius 2 is 1.89 bits per heavy atom. The second kappa shape index (κ2) is 7.03. The minimum atomic E-state index is -3.75. The highest BCUT2D eigenvalue weighted by molar-refractivity contribution is 7.89. The first-order valence-corrected chi connectivity index (χ1v) is 11.0. The number of carbonyl (C=O) groups is 1. The van der Waals surface area contributed by atoms with Crippen LogP contribution in [0.1, 0.15) is 39.0 Å². The summed E-state index contributed by atoms with van der Waals surface area (Å²) in [6.45, 7) is 1.07. The van der Waals surface area contributed by atoms with E-state index in [1.807, 2.05) is 6.07 Å². The molecule has 2 aliphatic rings. The minimum Gasteiger partial charge on any atom is -0.335 e. The summed E-state index contributed by atoms with van der Waals surface area (Å²) in [7, 11) is -3.75. The molecule has 0 spiro atoms. The van der Waals surface area contributed by atoms with Gasteiger partial charge < -0.3 is 4.90 Å². The molecule has 2 heterocycles. The van der Waals surface area contributed by atoms with Gasteiger partial charge in [0.05, 0.1) is 21.7 Å². The first kappa shape index (κ1) is 18.1. The number of nitriles is 1. The molecule has 0 bridgehead atoms. The number of rotatable bonds is 4. The number of aromatic nitrogens is 1. The first-order chi connectivity index (χ1) is 13.0. The summed E-state index contributed by atoms with van der Waals surface area (Å²) in [6, 6.07) is 8.11. The Hall–Kier alpha value is -2.28. The maximum Gasteiger partial charge on any atom is 0.265 e. The second-order valence-electron chi connectivity index (χ2n) is 6.64. The summed E-state index contributed by atoms with van der Waals surface area (Å²) < 4.78 is 27.1. The highest BCUT2D eigenvalue weighted by Gasteiger charge is 2.33. The van der Waals surface area contributed by atoms with E-state index in [1.54, 1.807) is 23.2 Å². The van der Waals surface area contributed by atoms with Crippen LogP contribution in [0.4, 0.5) is 0 Å². The van der Waals surface area contributed by atoms with Gasteiger partial charge in [0.1, 0.15) is 10.9 Å². The van der Waals surface area contributed by atoms with Gasteiger partial charge in [0.25, 0.3) is 5.91 Å². The van der Waals surface area contributed by atoms with E-state index in [9.17, 15) is 18.5 Å². The lowest BCUT2D eigenvalue weighted by Gasteiger charge is -2.33. The van der Waals surface area contributed by atoms with Crippen molar-refractivity contribution in [3.8, 4) is 6.07 Å². The lowest BCUT2D eigenvalue weighted by atomic mass is 10.2. The Morgan fingerprint density at radius 3 is 2.56 bits per heavy atom. The average Bonchev–Trinajstić information content (AvgIpc) is 3.44. The fraction of sp³-hybridized carbons (Fsp3) is 0.389. The zero-order valence-corrected chi connectivity index (χ0v) is 16.2. The fourth-order valence-electron chi connectivity index (χ4n) is 3.12. The van der Waals surface area contributed by atoms with Crippen molar-refractivity contribution in [2.75, 3.05) is 26.2 Å². The average molecular weight is 403 g/mol. The third-order valence-corrected chi connectivity index (χ3v) is 7.92. The molecule has 4 rings (SSSR count). The van der Waals surface area contributed by atoms with Gasteiger partial charge in [-0.25, -0.2) is 13.4 Å². The van der Waals surface area contributed by atoms with Gasteiger partial charge in [0.2, 0.25) is 10.0 Å². The summed E-state index contributed by atoms with van der Waals surface area (Å²) in [5.74, 6) is 0.424. The lowest BCUT2D eigenvalue weighted by molar-refractivity contribution is 0.0702. The Kier molecular flexibility index (Phi) is 4.72. The van der Waals surface area contributed by atoms with Gasteiger partial charge in [-0.3, -0.25) is 4.79 Å². The number of hydrogen-bond acceptors (Lipinski definition) is 6. The molecular formula is C18H18N4O3S2. The topological polar surface area (TPSA) is 94.4 Å². The smallest absolute Gasteiger partial charge is 0.265 e. The van der Waals surface area contributed by atoms with Gasteiger partial charge in [0.15, 0.2) is 0 Å². The predicted octanol–water partition coefficient (Wildman–Crippen LogP) is 2.04. The molecule has 1 saturated heterocycles. The molecule has 9 heteroatoms. The van der Waals surface area contributed by atoms with Gasteiger partial charge in [-0.2, -0.15) is 9.57 Å². The Bertz CT molecular complexity index is 1010. The zero-order chi connectivity index (χ0) is 19.0. The van der Waals surface area contributed by atoms with E-state index in [2.05, 4.69) is 4.98 Å². The van der Waals surface area contributed by atoms with Gasteiger partial charge in [-0.05, 0) is 25.0 Å². The van der Waals surface area contributed by atoms with Gasteiger partial charge in [0, 0.05) is 32.1 Å². The van der Waals surface area contributed by atoms with Crippen molar-refractivity contribution in [3.63, 3.8) is 0 Å². The molecule has 1 saturated carbocycles. The van der Waals surface area contributed by atoms with Crippen molar-refractivity contribution in [1.29, 1.82) is 5.26 Å². The van der Waals surface area contributed by atoms with E-state index in [1.165, 1.54) is 27.8 Å². The molecule has 7 nitrogen and oxygen atoms in total. The van der Waals surface area contributed by atoms with Gasteiger partial charge >= 0.3 is 0 Å². The van der Waals surface area contributed by atoms with Crippen LogP contribution in [0.25, 0.3) is 0 Å². The van der Waals surface area contributed by atoms with E-state index in [0.717, 1.165) is 17.8 Å². The SMILES string of the molecule is N#Cc1ccccc1S(=O)(=O)N1CCN(C(=O)c2cnc(C3CC3)s2)CC1. The third-order valence-electron chi connectivity index (χ3n) is 4.81. The molecule has 1 aliphatic carbocycles.